The molecule has 0 heterocycles. The van der Waals surface area contributed by atoms with Crippen molar-refractivity contribution in [2.45, 2.75) is 58.0 Å². The molecule has 2 unspecified atom stereocenters. The topological polar surface area (TPSA) is 12.0 Å². The van der Waals surface area contributed by atoms with Crippen LogP contribution in [0.5, 0.6) is 0 Å². The molecular weight excluding hydrogens is 274 g/mol. The molecule has 0 spiro atoms. The largest absolute Gasteiger partial charge is 0.311 e. The molecular formula is C15H22BrN. The summed E-state index contributed by atoms with van der Waals surface area (Å²) < 4.78 is 1.21. The van der Waals surface area contributed by atoms with E-state index in [0.29, 0.717) is 12.1 Å². The van der Waals surface area contributed by atoms with Crippen LogP contribution < -0.4 is 5.32 Å². The quantitative estimate of drug-likeness (QED) is 0.882. The summed E-state index contributed by atoms with van der Waals surface area (Å²) in [7, 11) is 0. The van der Waals surface area contributed by atoms with Gasteiger partial charge in [-0.3, -0.25) is 0 Å². The van der Waals surface area contributed by atoms with E-state index >= 15 is 0 Å². The van der Waals surface area contributed by atoms with Gasteiger partial charge in [-0.15, -0.1) is 0 Å². The van der Waals surface area contributed by atoms with Gasteiger partial charge < -0.3 is 5.32 Å². The van der Waals surface area contributed by atoms with Crippen LogP contribution in [0.2, 0.25) is 0 Å². The molecule has 2 atom stereocenters. The van der Waals surface area contributed by atoms with Gasteiger partial charge in [0.05, 0.1) is 0 Å². The predicted molar refractivity (Wildman–Crippen MR) is 77.5 cm³/mol. The van der Waals surface area contributed by atoms with Crippen LogP contribution in [0.4, 0.5) is 0 Å². The number of rotatable bonds is 4. The summed E-state index contributed by atoms with van der Waals surface area (Å²) in [6, 6.07) is 8.04. The molecule has 0 aliphatic heterocycles. The fraction of sp³-hybridized carbons (Fsp3) is 0.600. The minimum atomic E-state index is 0.655. The molecule has 17 heavy (non-hydrogen) atoms. The molecule has 1 aromatic rings. The fourth-order valence-corrected chi connectivity index (χ4v) is 3.19. The van der Waals surface area contributed by atoms with Crippen LogP contribution in [-0.4, -0.2) is 12.1 Å². The molecule has 0 radical (unpaired) electrons. The van der Waals surface area contributed by atoms with E-state index in [2.05, 4.69) is 53.3 Å². The summed E-state index contributed by atoms with van der Waals surface area (Å²) in [6.07, 6.45) is 6.23. The van der Waals surface area contributed by atoms with Gasteiger partial charge in [0.2, 0.25) is 0 Å². The highest BCUT2D eigenvalue weighted by Gasteiger charge is 2.19. The van der Waals surface area contributed by atoms with E-state index in [-0.39, 0.29) is 0 Å². The molecule has 0 aromatic heterocycles. The van der Waals surface area contributed by atoms with E-state index in [9.17, 15) is 0 Å². The molecule has 0 bridgehead atoms. The first kappa shape index (κ1) is 13.1. The summed E-state index contributed by atoms with van der Waals surface area (Å²) in [5, 5.41) is 3.76. The van der Waals surface area contributed by atoms with E-state index in [4.69, 9.17) is 0 Å². The molecule has 1 aliphatic rings. The maximum atomic E-state index is 3.76. The third-order valence-corrected chi connectivity index (χ3v) is 4.13. The number of hydrogen-bond donors (Lipinski definition) is 1. The predicted octanol–water partition coefficient (Wildman–Crippen LogP) is 4.08. The number of hydrogen-bond acceptors (Lipinski definition) is 1. The van der Waals surface area contributed by atoms with Gasteiger partial charge in [-0.2, -0.15) is 0 Å². The average Bonchev–Trinajstić information content (AvgIpc) is 2.29. The van der Waals surface area contributed by atoms with Gasteiger partial charge in [-0.05, 0) is 55.9 Å². The fourth-order valence-electron chi connectivity index (χ4n) is 2.78. The number of nitrogens with one attached hydrogen (secondary N) is 1. The Kier molecular flexibility index (Phi) is 4.63. The highest BCUT2D eigenvalue weighted by molar-refractivity contribution is 9.10. The van der Waals surface area contributed by atoms with Crippen molar-refractivity contribution in [1.29, 1.82) is 0 Å². The number of benzene rings is 1. The molecule has 0 saturated carbocycles. The number of halogens is 1. The second kappa shape index (κ2) is 6.01. The van der Waals surface area contributed by atoms with Crippen LogP contribution in [0.25, 0.3) is 0 Å². The monoisotopic (exact) mass is 295 g/mol. The van der Waals surface area contributed by atoms with Gasteiger partial charge in [-0.25, -0.2) is 0 Å². The second-order valence-corrected chi connectivity index (χ2v) is 6.12. The first-order valence-corrected chi connectivity index (χ1v) is 7.51. The summed E-state index contributed by atoms with van der Waals surface area (Å²) >= 11 is 3.55. The number of fused-ring (bicyclic) bond motifs is 1. The van der Waals surface area contributed by atoms with Crippen LogP contribution >= 0.6 is 15.9 Å². The molecule has 0 amide bonds. The van der Waals surface area contributed by atoms with E-state index in [1.807, 2.05) is 0 Å². The lowest BCUT2D eigenvalue weighted by molar-refractivity contribution is 0.392. The maximum Gasteiger partial charge on any atom is 0.0178 e. The van der Waals surface area contributed by atoms with Crippen molar-refractivity contribution in [2.24, 2.45) is 0 Å². The highest BCUT2D eigenvalue weighted by atomic mass is 79.9. The number of aryl methyl sites for hydroxylation is 1. The Morgan fingerprint density at radius 1 is 1.41 bits per heavy atom. The van der Waals surface area contributed by atoms with Gasteiger partial charge >= 0.3 is 0 Å². The van der Waals surface area contributed by atoms with E-state index in [1.165, 1.54) is 47.7 Å². The van der Waals surface area contributed by atoms with Gasteiger partial charge in [0.25, 0.3) is 0 Å². The minimum Gasteiger partial charge on any atom is -0.311 e. The highest BCUT2D eigenvalue weighted by Crippen LogP contribution is 2.25. The van der Waals surface area contributed by atoms with Crippen molar-refractivity contribution in [1.82, 2.24) is 5.32 Å². The molecule has 0 fully saturated rings. The molecule has 1 nitrogen and oxygen atoms in total. The van der Waals surface area contributed by atoms with E-state index in [1.54, 1.807) is 0 Å². The summed E-state index contributed by atoms with van der Waals surface area (Å²) in [4.78, 5) is 0. The van der Waals surface area contributed by atoms with Crippen LogP contribution in [0.1, 0.15) is 44.2 Å². The van der Waals surface area contributed by atoms with Crippen molar-refractivity contribution >= 4 is 15.9 Å². The molecule has 1 aliphatic carbocycles. The lowest BCUT2D eigenvalue weighted by atomic mass is 9.88. The second-order valence-electron chi connectivity index (χ2n) is 5.21. The zero-order chi connectivity index (χ0) is 12.3. The summed E-state index contributed by atoms with van der Waals surface area (Å²) in [5.41, 5.74) is 3.06. The van der Waals surface area contributed by atoms with E-state index in [0.717, 1.165) is 0 Å². The molecule has 2 rings (SSSR count). The maximum absolute atomic E-state index is 3.76. The Morgan fingerprint density at radius 3 is 3.00 bits per heavy atom. The zero-order valence-electron chi connectivity index (χ0n) is 10.8. The lowest BCUT2D eigenvalue weighted by Gasteiger charge is -2.28. The lowest BCUT2D eigenvalue weighted by Crippen LogP contribution is -2.40. The van der Waals surface area contributed by atoms with Crippen LogP contribution in [0.15, 0.2) is 22.7 Å². The van der Waals surface area contributed by atoms with Gasteiger partial charge in [-0.1, -0.05) is 35.3 Å². The van der Waals surface area contributed by atoms with Crippen LogP contribution in [0, 0.1) is 0 Å². The normalized spacial score (nSPS) is 21.0. The van der Waals surface area contributed by atoms with Crippen molar-refractivity contribution in [3.8, 4) is 0 Å². The Labute approximate surface area is 113 Å². The summed E-state index contributed by atoms with van der Waals surface area (Å²) in [6.45, 7) is 4.56. The smallest absolute Gasteiger partial charge is 0.0178 e. The first-order valence-electron chi connectivity index (χ1n) is 6.72. The minimum absolute atomic E-state index is 0.655. The molecule has 1 N–H and O–H groups in total. The molecule has 0 saturated heterocycles. The van der Waals surface area contributed by atoms with Crippen LogP contribution in [-0.2, 0) is 12.8 Å². The molecule has 94 valence electrons. The van der Waals surface area contributed by atoms with Crippen molar-refractivity contribution < 1.29 is 0 Å². The molecule has 1 aromatic carbocycles. The Bertz CT molecular complexity index is 375. The average molecular weight is 296 g/mol. The Balaban J connectivity index is 1.96. The van der Waals surface area contributed by atoms with Crippen molar-refractivity contribution in [2.75, 3.05) is 0 Å². The van der Waals surface area contributed by atoms with E-state index < -0.39 is 0 Å². The first-order chi connectivity index (χ1) is 8.19. The molecule has 2 heteroatoms. The van der Waals surface area contributed by atoms with Gasteiger partial charge in [0.15, 0.2) is 0 Å². The Morgan fingerprint density at radius 2 is 2.24 bits per heavy atom. The SMILES string of the molecule is CCCC(C)NC1CCc2cc(Br)ccc2C1. The van der Waals surface area contributed by atoms with Gasteiger partial charge in [0, 0.05) is 16.6 Å². The van der Waals surface area contributed by atoms with Crippen molar-refractivity contribution in [3.05, 3.63) is 33.8 Å². The third-order valence-electron chi connectivity index (χ3n) is 3.64. The zero-order valence-corrected chi connectivity index (χ0v) is 12.4. The standard InChI is InChI=1S/C15H22BrN/c1-3-4-11(2)17-15-8-6-12-9-14(16)7-5-13(12)10-15/h5,7,9,11,15,17H,3-4,6,8,10H2,1-2H3. The van der Waals surface area contributed by atoms with Crippen LogP contribution in [0.3, 0.4) is 0 Å². The summed E-state index contributed by atoms with van der Waals surface area (Å²) in [5.74, 6) is 0. The Hall–Kier alpha value is -0.340. The van der Waals surface area contributed by atoms with Crippen molar-refractivity contribution in [3.63, 3.8) is 0 Å². The third kappa shape index (κ3) is 3.56. The van der Waals surface area contributed by atoms with Gasteiger partial charge in [0.1, 0.15) is 0 Å².